The van der Waals surface area contributed by atoms with Crippen LogP contribution in [0.1, 0.15) is 12.5 Å². The van der Waals surface area contributed by atoms with Crippen molar-refractivity contribution >= 4 is 23.2 Å². The number of aromatic hydroxyl groups is 1. The summed E-state index contributed by atoms with van der Waals surface area (Å²) in [7, 11) is 0. The highest BCUT2D eigenvalue weighted by molar-refractivity contribution is 6.30. The van der Waals surface area contributed by atoms with Crippen molar-refractivity contribution in [3.8, 4) is 11.5 Å². The maximum atomic E-state index is 12.1. The first-order valence-electron chi connectivity index (χ1n) is 6.48. The Balaban J connectivity index is 2.02. The molecule has 0 spiro atoms. The van der Waals surface area contributed by atoms with Crippen molar-refractivity contribution in [3.05, 3.63) is 53.1 Å². The van der Waals surface area contributed by atoms with E-state index in [4.69, 9.17) is 16.3 Å². The van der Waals surface area contributed by atoms with Gasteiger partial charge in [0.1, 0.15) is 11.5 Å². The molecule has 0 aliphatic carbocycles. The predicted octanol–water partition coefficient (Wildman–Crippen LogP) is 3.76. The van der Waals surface area contributed by atoms with Crippen LogP contribution in [0, 0.1) is 6.92 Å². The van der Waals surface area contributed by atoms with E-state index in [1.807, 2.05) is 0 Å². The van der Waals surface area contributed by atoms with Crippen LogP contribution in [-0.2, 0) is 4.79 Å². The summed E-state index contributed by atoms with van der Waals surface area (Å²) in [5, 5.41) is 12.7. The molecule has 0 fully saturated rings. The second-order valence-electron chi connectivity index (χ2n) is 4.71. The van der Waals surface area contributed by atoms with Gasteiger partial charge in [0.05, 0.1) is 0 Å². The van der Waals surface area contributed by atoms with Gasteiger partial charge in [0.2, 0.25) is 0 Å². The fourth-order valence-electron chi connectivity index (χ4n) is 1.82. The normalized spacial score (nSPS) is 11.8. The summed E-state index contributed by atoms with van der Waals surface area (Å²) in [5.41, 5.74) is 1.41. The molecule has 1 atom stereocenters. The molecular formula is C16H16ClNO3. The lowest BCUT2D eigenvalue weighted by molar-refractivity contribution is -0.122. The smallest absolute Gasteiger partial charge is 0.265 e. The number of amides is 1. The number of nitrogens with one attached hydrogen (secondary N) is 1. The number of rotatable bonds is 4. The third-order valence-electron chi connectivity index (χ3n) is 2.95. The Hall–Kier alpha value is -2.20. The molecule has 5 heteroatoms. The van der Waals surface area contributed by atoms with E-state index in [9.17, 15) is 9.90 Å². The van der Waals surface area contributed by atoms with E-state index in [0.29, 0.717) is 16.5 Å². The zero-order chi connectivity index (χ0) is 15.4. The Labute approximate surface area is 128 Å². The Morgan fingerprint density at radius 2 is 2.05 bits per heavy atom. The average molecular weight is 306 g/mol. The molecule has 0 aromatic heterocycles. The van der Waals surface area contributed by atoms with Crippen LogP contribution in [0.2, 0.25) is 5.02 Å². The first kappa shape index (κ1) is 15.2. The third kappa shape index (κ3) is 4.13. The molecule has 2 aromatic rings. The summed E-state index contributed by atoms with van der Waals surface area (Å²) >= 11 is 5.87. The molecule has 0 bridgehead atoms. The molecule has 4 nitrogen and oxygen atoms in total. The van der Waals surface area contributed by atoms with Crippen molar-refractivity contribution < 1.29 is 14.6 Å². The van der Waals surface area contributed by atoms with Crippen molar-refractivity contribution in [1.29, 1.82) is 0 Å². The molecule has 0 radical (unpaired) electrons. The monoisotopic (exact) mass is 305 g/mol. The van der Waals surface area contributed by atoms with E-state index in [-0.39, 0.29) is 11.7 Å². The van der Waals surface area contributed by atoms with Crippen LogP contribution in [0.3, 0.4) is 0 Å². The van der Waals surface area contributed by atoms with Crippen molar-refractivity contribution in [3.63, 3.8) is 0 Å². The highest BCUT2D eigenvalue weighted by Crippen LogP contribution is 2.21. The lowest BCUT2D eigenvalue weighted by Crippen LogP contribution is -2.30. The minimum absolute atomic E-state index is 0.161. The van der Waals surface area contributed by atoms with Crippen molar-refractivity contribution in [2.24, 2.45) is 0 Å². The second-order valence-corrected chi connectivity index (χ2v) is 5.14. The summed E-state index contributed by atoms with van der Waals surface area (Å²) < 4.78 is 5.55. The van der Waals surface area contributed by atoms with Gasteiger partial charge in [-0.3, -0.25) is 4.79 Å². The van der Waals surface area contributed by atoms with Gasteiger partial charge in [-0.15, -0.1) is 0 Å². The van der Waals surface area contributed by atoms with Crippen LogP contribution in [0.15, 0.2) is 42.5 Å². The van der Waals surface area contributed by atoms with Gasteiger partial charge in [-0.2, -0.15) is 0 Å². The molecule has 110 valence electrons. The van der Waals surface area contributed by atoms with Crippen LogP contribution in [-0.4, -0.2) is 17.1 Å². The summed E-state index contributed by atoms with van der Waals surface area (Å²) in [6, 6.07) is 11.6. The molecule has 0 saturated heterocycles. The zero-order valence-electron chi connectivity index (χ0n) is 11.8. The number of phenols is 1. The molecular weight excluding hydrogens is 290 g/mol. The Morgan fingerprint density at radius 3 is 2.71 bits per heavy atom. The van der Waals surface area contributed by atoms with Crippen LogP contribution < -0.4 is 10.1 Å². The molecule has 2 aromatic carbocycles. The molecule has 0 aliphatic heterocycles. The van der Waals surface area contributed by atoms with Gasteiger partial charge in [0, 0.05) is 10.7 Å². The highest BCUT2D eigenvalue weighted by atomic mass is 35.5. The summed E-state index contributed by atoms with van der Waals surface area (Å²) in [4.78, 5) is 12.1. The average Bonchev–Trinajstić information content (AvgIpc) is 2.41. The lowest BCUT2D eigenvalue weighted by atomic mass is 10.2. The first-order valence-corrected chi connectivity index (χ1v) is 6.86. The number of hydrogen-bond donors (Lipinski definition) is 2. The largest absolute Gasteiger partial charge is 0.508 e. The summed E-state index contributed by atoms with van der Waals surface area (Å²) in [6.07, 6.45) is -0.670. The van der Waals surface area contributed by atoms with Gasteiger partial charge in [-0.1, -0.05) is 17.7 Å². The van der Waals surface area contributed by atoms with E-state index in [1.165, 1.54) is 6.07 Å². The van der Waals surface area contributed by atoms with Crippen LogP contribution >= 0.6 is 11.6 Å². The van der Waals surface area contributed by atoms with Gasteiger partial charge in [0.25, 0.3) is 5.91 Å². The fourth-order valence-corrected chi connectivity index (χ4v) is 2.00. The quantitative estimate of drug-likeness (QED) is 0.846. The number of halogens is 1. The van der Waals surface area contributed by atoms with Crippen molar-refractivity contribution in [2.45, 2.75) is 20.0 Å². The van der Waals surface area contributed by atoms with E-state index in [2.05, 4.69) is 5.32 Å². The molecule has 0 saturated carbocycles. The zero-order valence-corrected chi connectivity index (χ0v) is 12.5. The van der Waals surface area contributed by atoms with E-state index >= 15 is 0 Å². The maximum absolute atomic E-state index is 12.1. The molecule has 1 unspecified atom stereocenters. The number of anilines is 1. The molecule has 0 heterocycles. The second kappa shape index (κ2) is 6.50. The molecule has 0 aliphatic rings. The fraction of sp³-hybridized carbons (Fsp3) is 0.188. The van der Waals surface area contributed by atoms with Crippen molar-refractivity contribution in [2.75, 3.05) is 5.32 Å². The maximum Gasteiger partial charge on any atom is 0.265 e. The van der Waals surface area contributed by atoms with E-state index < -0.39 is 6.10 Å². The number of aryl methyl sites for hydroxylation is 1. The van der Waals surface area contributed by atoms with Gasteiger partial charge < -0.3 is 15.2 Å². The van der Waals surface area contributed by atoms with Gasteiger partial charge >= 0.3 is 0 Å². The highest BCUT2D eigenvalue weighted by Gasteiger charge is 2.16. The van der Waals surface area contributed by atoms with Gasteiger partial charge in [-0.25, -0.2) is 0 Å². The minimum Gasteiger partial charge on any atom is -0.508 e. The number of hydrogen-bond acceptors (Lipinski definition) is 3. The van der Waals surface area contributed by atoms with Gasteiger partial charge in [0.15, 0.2) is 6.10 Å². The molecule has 1 amide bonds. The lowest BCUT2D eigenvalue weighted by Gasteiger charge is -2.16. The predicted molar refractivity (Wildman–Crippen MR) is 83.0 cm³/mol. The Kier molecular flexibility index (Phi) is 4.70. The molecule has 21 heavy (non-hydrogen) atoms. The Morgan fingerprint density at radius 1 is 1.29 bits per heavy atom. The van der Waals surface area contributed by atoms with E-state index in [1.54, 1.807) is 50.2 Å². The first-order chi connectivity index (χ1) is 9.95. The molecule has 2 rings (SSSR count). The van der Waals surface area contributed by atoms with Crippen LogP contribution in [0.25, 0.3) is 0 Å². The number of phenolic OH excluding ortho intramolecular Hbond substituents is 1. The third-order valence-corrected chi connectivity index (χ3v) is 3.18. The Bertz CT molecular complexity index is 658. The SMILES string of the molecule is Cc1cc(O)ccc1NC(=O)C(C)Oc1cccc(Cl)c1. The number of carbonyl (C=O) groups is 1. The van der Waals surface area contributed by atoms with E-state index in [0.717, 1.165) is 5.56 Å². The summed E-state index contributed by atoms with van der Waals surface area (Å²) in [5.74, 6) is 0.421. The van der Waals surface area contributed by atoms with Crippen LogP contribution in [0.5, 0.6) is 11.5 Å². The van der Waals surface area contributed by atoms with Gasteiger partial charge in [-0.05, 0) is 55.8 Å². The minimum atomic E-state index is -0.670. The molecule has 2 N–H and O–H groups in total. The number of benzene rings is 2. The van der Waals surface area contributed by atoms with Crippen LogP contribution in [0.4, 0.5) is 5.69 Å². The summed E-state index contributed by atoms with van der Waals surface area (Å²) in [6.45, 7) is 3.46. The topological polar surface area (TPSA) is 58.6 Å². The van der Waals surface area contributed by atoms with Crippen molar-refractivity contribution in [1.82, 2.24) is 0 Å². The standard InChI is InChI=1S/C16H16ClNO3/c1-10-8-13(19)6-7-15(10)18-16(20)11(2)21-14-5-3-4-12(17)9-14/h3-9,11,19H,1-2H3,(H,18,20). The number of ether oxygens (including phenoxy) is 1. The number of carbonyl (C=O) groups excluding carboxylic acids is 1.